The van der Waals surface area contributed by atoms with Gasteiger partial charge in [-0.25, -0.2) is 0 Å². The maximum absolute atomic E-state index is 10.4. The van der Waals surface area contributed by atoms with Gasteiger partial charge in [-0.3, -0.25) is 0 Å². The predicted molar refractivity (Wildman–Crippen MR) is 142 cm³/mol. The number of fused-ring (bicyclic) bond motifs is 6. The normalized spacial score (nSPS) is 42.7. The van der Waals surface area contributed by atoms with Gasteiger partial charge in [0, 0.05) is 0 Å². The van der Waals surface area contributed by atoms with Crippen LogP contribution in [0.2, 0.25) is 0 Å². The zero-order valence-electron chi connectivity index (χ0n) is 26.7. The molecule has 0 aromatic rings. The molecule has 6 aliphatic heterocycles. The molecule has 0 radical (unpaired) electrons. The van der Waals surface area contributed by atoms with Crippen LogP contribution in [0.25, 0.3) is 0 Å². The van der Waals surface area contributed by atoms with Crippen molar-refractivity contribution >= 4 is 0 Å². The van der Waals surface area contributed by atoms with Crippen molar-refractivity contribution in [2.24, 2.45) is 0 Å². The van der Waals surface area contributed by atoms with Crippen LogP contribution in [0.5, 0.6) is 0 Å². The molecule has 260 valence electrons. The zero-order valence-corrected chi connectivity index (χ0v) is 26.7. The molecule has 0 aliphatic carbocycles. The van der Waals surface area contributed by atoms with Crippen molar-refractivity contribution in [1.29, 1.82) is 0 Å². The lowest BCUT2D eigenvalue weighted by atomic mass is 9.99. The minimum absolute atomic E-state index is 0.353. The summed E-state index contributed by atoms with van der Waals surface area (Å²) in [6.45, 7) is 11.5. The van der Waals surface area contributed by atoms with E-state index in [1.165, 1.54) is 0 Å². The fraction of sp³-hybridized carbons (Fsp3) is 1.00. The van der Waals surface area contributed by atoms with Gasteiger partial charge >= 0.3 is 11.9 Å². The molecule has 0 aromatic heterocycles. The maximum atomic E-state index is 10.4. The smallest absolute Gasteiger partial charge is 0.302 e. The summed E-state index contributed by atoms with van der Waals surface area (Å²) in [4.78, 5) is 0. The number of ether oxygens (including phenoxy) is 13. The molecule has 0 spiro atoms. The number of rotatable bonds is 10. The molecule has 17 heteroatoms. The summed E-state index contributed by atoms with van der Waals surface area (Å²) < 4.78 is 75.3. The Morgan fingerprint density at radius 2 is 0.778 bits per heavy atom. The van der Waals surface area contributed by atoms with Gasteiger partial charge in [-0.15, -0.1) is 0 Å². The quantitative estimate of drug-likeness (QED) is 0.211. The molecule has 6 heterocycles. The Hall–Kier alpha value is -0.680. The average molecular weight is 655 g/mol. The fourth-order valence-electron chi connectivity index (χ4n) is 6.49. The second-order valence-electron chi connectivity index (χ2n) is 14.0. The Bertz CT molecular complexity index is 995. The van der Waals surface area contributed by atoms with Crippen LogP contribution in [-0.2, 0) is 61.6 Å². The van der Waals surface area contributed by atoms with Crippen LogP contribution < -0.4 is 0 Å². The van der Waals surface area contributed by atoms with Gasteiger partial charge in [0.25, 0.3) is 0 Å². The molecule has 6 fully saturated rings. The van der Waals surface area contributed by atoms with Crippen LogP contribution in [0.4, 0.5) is 0 Å². The van der Waals surface area contributed by atoms with E-state index >= 15 is 0 Å². The van der Waals surface area contributed by atoms with Crippen molar-refractivity contribution in [3.63, 3.8) is 0 Å². The van der Waals surface area contributed by atoms with Gasteiger partial charge in [0.2, 0.25) is 0 Å². The summed E-state index contributed by atoms with van der Waals surface area (Å²) in [6.07, 6.45) is -6.77. The molecule has 45 heavy (non-hydrogen) atoms. The molecule has 4 N–H and O–H groups in total. The van der Waals surface area contributed by atoms with Crippen molar-refractivity contribution in [1.82, 2.24) is 0 Å². The SMILES string of the molecule is CC1(C)O[C@H]2[C@@H](O1)[C@@H](COC(O)(O)COCC(O)(O)OC[C@H]1O[C@H]3OC(C)(C)O[C@@H]3[C@H]3OC(C)(C)O[C@H]31)O[C@H]1OC(C)(C)O[C@@H]12. The van der Waals surface area contributed by atoms with Crippen LogP contribution >= 0.6 is 0 Å². The van der Waals surface area contributed by atoms with Crippen LogP contribution in [-0.4, -0.2) is 143 Å². The highest BCUT2D eigenvalue weighted by atomic mass is 16.9. The molecule has 0 bridgehead atoms. The molecule has 6 aliphatic rings. The minimum atomic E-state index is -2.84. The summed E-state index contributed by atoms with van der Waals surface area (Å²) in [7, 11) is 0. The summed E-state index contributed by atoms with van der Waals surface area (Å²) in [5.41, 5.74) is 0. The first kappa shape index (κ1) is 34.2. The van der Waals surface area contributed by atoms with E-state index < -0.39 is 110 Å². The van der Waals surface area contributed by atoms with E-state index in [0.717, 1.165) is 0 Å². The van der Waals surface area contributed by atoms with Crippen LogP contribution in [0.15, 0.2) is 0 Å². The van der Waals surface area contributed by atoms with E-state index in [9.17, 15) is 20.4 Å². The molecular weight excluding hydrogens is 608 g/mol. The van der Waals surface area contributed by atoms with Gasteiger partial charge in [-0.1, -0.05) is 0 Å². The molecule has 0 amide bonds. The van der Waals surface area contributed by atoms with Crippen molar-refractivity contribution in [3.05, 3.63) is 0 Å². The van der Waals surface area contributed by atoms with Gasteiger partial charge in [-0.2, -0.15) is 0 Å². The first-order valence-electron chi connectivity index (χ1n) is 15.1. The largest absolute Gasteiger partial charge is 0.365 e. The van der Waals surface area contributed by atoms with Crippen molar-refractivity contribution in [2.45, 2.75) is 152 Å². The highest BCUT2D eigenvalue weighted by Crippen LogP contribution is 2.45. The molecular formula is C28H46O17. The Morgan fingerprint density at radius 3 is 1.16 bits per heavy atom. The van der Waals surface area contributed by atoms with Crippen molar-refractivity contribution in [3.8, 4) is 0 Å². The molecule has 0 unspecified atom stereocenters. The van der Waals surface area contributed by atoms with E-state index in [0.29, 0.717) is 0 Å². The fourth-order valence-corrected chi connectivity index (χ4v) is 6.49. The van der Waals surface area contributed by atoms with Gasteiger partial charge in [-0.05, 0) is 55.4 Å². The molecule has 0 aromatic carbocycles. The Morgan fingerprint density at radius 1 is 0.467 bits per heavy atom. The number of aliphatic hydroxyl groups is 4. The van der Waals surface area contributed by atoms with Crippen LogP contribution in [0.1, 0.15) is 55.4 Å². The topological polar surface area (TPSA) is 201 Å². The zero-order chi connectivity index (χ0) is 32.8. The lowest BCUT2D eigenvalue weighted by molar-refractivity contribution is -0.394. The maximum Gasteiger partial charge on any atom is 0.302 e. The molecule has 0 saturated carbocycles. The van der Waals surface area contributed by atoms with Crippen molar-refractivity contribution in [2.75, 3.05) is 26.4 Å². The second kappa shape index (κ2) is 11.4. The first-order valence-corrected chi connectivity index (χ1v) is 15.1. The molecule has 6 rings (SSSR count). The van der Waals surface area contributed by atoms with E-state index in [1.807, 2.05) is 0 Å². The summed E-state index contributed by atoms with van der Waals surface area (Å²) in [6, 6.07) is 0. The number of hydrogen-bond acceptors (Lipinski definition) is 17. The van der Waals surface area contributed by atoms with Crippen LogP contribution in [0, 0.1) is 0 Å². The van der Waals surface area contributed by atoms with Gasteiger partial charge in [0.1, 0.15) is 62.0 Å². The van der Waals surface area contributed by atoms with Crippen molar-refractivity contribution < 1.29 is 82.0 Å². The van der Waals surface area contributed by atoms with Gasteiger partial charge in [0.15, 0.2) is 35.7 Å². The lowest BCUT2D eigenvalue weighted by Crippen LogP contribution is -2.57. The van der Waals surface area contributed by atoms with Crippen LogP contribution in [0.3, 0.4) is 0 Å². The monoisotopic (exact) mass is 654 g/mol. The standard InChI is InChI=1S/C28H46O17/c1-23(2)38-15-13(36-21-19(17(15)40-23)42-25(5,6)44-21)9-34-27(29,30)11-33-12-28(31,32)35-10-14-16-18(41-24(3,4)39-16)20-22(37-14)45-26(7,8)43-20/h13-22,29-32H,9-12H2,1-8H3/t13-,14-,15+,16+,17+,18+,19-,20-,21+,22+/m1/s1. The third-order valence-electron chi connectivity index (χ3n) is 8.04. The minimum Gasteiger partial charge on any atom is -0.365 e. The number of hydrogen-bond donors (Lipinski definition) is 4. The molecule has 6 saturated heterocycles. The molecule has 17 nitrogen and oxygen atoms in total. The molecule has 10 atom stereocenters. The summed E-state index contributed by atoms with van der Waals surface area (Å²) in [5, 5.41) is 41.7. The van der Waals surface area contributed by atoms with Gasteiger partial charge in [0.05, 0.1) is 13.2 Å². The highest BCUT2D eigenvalue weighted by molar-refractivity contribution is 5.01. The highest BCUT2D eigenvalue weighted by Gasteiger charge is 2.62. The average Bonchev–Trinajstić information content (AvgIpc) is 3.57. The Labute approximate surface area is 260 Å². The summed E-state index contributed by atoms with van der Waals surface area (Å²) >= 11 is 0. The third-order valence-corrected chi connectivity index (χ3v) is 8.04. The second-order valence-corrected chi connectivity index (χ2v) is 14.0. The Balaban J connectivity index is 0.987. The van der Waals surface area contributed by atoms with Gasteiger partial charge < -0.3 is 82.0 Å². The Kier molecular flexibility index (Phi) is 8.70. The van der Waals surface area contributed by atoms with E-state index in [1.54, 1.807) is 55.4 Å². The van der Waals surface area contributed by atoms with E-state index in [2.05, 4.69) is 0 Å². The lowest BCUT2D eigenvalue weighted by Gasteiger charge is -2.38. The van der Waals surface area contributed by atoms with E-state index in [-0.39, 0.29) is 13.2 Å². The summed E-state index contributed by atoms with van der Waals surface area (Å²) in [5.74, 6) is -9.41. The van der Waals surface area contributed by atoms with E-state index in [4.69, 9.17) is 61.6 Å². The third kappa shape index (κ3) is 7.50. The predicted octanol–water partition coefficient (Wildman–Crippen LogP) is -0.894. The first-order chi connectivity index (χ1) is 20.6.